The van der Waals surface area contributed by atoms with Crippen molar-refractivity contribution in [2.75, 3.05) is 0 Å². The van der Waals surface area contributed by atoms with Crippen molar-refractivity contribution in [3.8, 4) is 0 Å². The minimum atomic E-state index is 0.309. The Balaban J connectivity index is 2.05. The summed E-state index contributed by atoms with van der Waals surface area (Å²) in [4.78, 5) is 1.47. The van der Waals surface area contributed by atoms with Crippen LogP contribution in [0.5, 0.6) is 0 Å². The molecule has 2 N–H and O–H groups in total. The molecule has 1 aliphatic carbocycles. The normalized spacial score (nSPS) is 29.5. The van der Waals surface area contributed by atoms with Crippen LogP contribution in [-0.2, 0) is 6.42 Å². The molecule has 0 aromatic carbocycles. The maximum atomic E-state index is 6.41. The number of halogens is 1. The molecule has 1 heterocycles. The minimum Gasteiger partial charge on any atom is -0.327 e. The van der Waals surface area contributed by atoms with Gasteiger partial charge < -0.3 is 5.73 Å². The van der Waals surface area contributed by atoms with Crippen molar-refractivity contribution < 1.29 is 0 Å². The fraction of sp³-hybridized carbons (Fsp3) is 0.733. The molecule has 102 valence electrons. The van der Waals surface area contributed by atoms with Gasteiger partial charge in [0.15, 0.2) is 0 Å². The summed E-state index contributed by atoms with van der Waals surface area (Å²) < 4.78 is 1.21. The molecule has 0 amide bonds. The van der Waals surface area contributed by atoms with E-state index in [9.17, 15) is 0 Å². The Labute approximate surface area is 123 Å². The van der Waals surface area contributed by atoms with Gasteiger partial charge >= 0.3 is 0 Å². The highest BCUT2D eigenvalue weighted by atomic mass is 79.9. The monoisotopic (exact) mass is 329 g/mol. The van der Waals surface area contributed by atoms with Gasteiger partial charge in [-0.3, -0.25) is 0 Å². The van der Waals surface area contributed by atoms with Crippen molar-refractivity contribution in [3.63, 3.8) is 0 Å². The van der Waals surface area contributed by atoms with Gasteiger partial charge in [-0.05, 0) is 58.5 Å². The summed E-state index contributed by atoms with van der Waals surface area (Å²) in [6, 6.07) is 2.63. The van der Waals surface area contributed by atoms with Crippen molar-refractivity contribution >= 4 is 27.3 Å². The molecule has 18 heavy (non-hydrogen) atoms. The molecule has 2 rings (SSSR count). The van der Waals surface area contributed by atoms with Crippen LogP contribution < -0.4 is 5.73 Å². The van der Waals surface area contributed by atoms with E-state index in [0.717, 1.165) is 12.3 Å². The zero-order valence-corrected chi connectivity index (χ0v) is 14.0. The molecule has 1 aromatic heterocycles. The number of hydrogen-bond donors (Lipinski definition) is 1. The lowest BCUT2D eigenvalue weighted by Gasteiger charge is -2.42. The van der Waals surface area contributed by atoms with Crippen LogP contribution in [0.1, 0.15) is 44.9 Å². The van der Waals surface area contributed by atoms with E-state index in [4.69, 9.17) is 5.73 Å². The van der Waals surface area contributed by atoms with Gasteiger partial charge in [0, 0.05) is 20.8 Å². The molecule has 0 radical (unpaired) electrons. The topological polar surface area (TPSA) is 26.0 Å². The second-order valence-electron chi connectivity index (χ2n) is 6.59. The molecule has 1 saturated carbocycles. The largest absolute Gasteiger partial charge is 0.327 e. The lowest BCUT2D eigenvalue weighted by molar-refractivity contribution is 0.114. The smallest absolute Gasteiger partial charge is 0.0285 e. The van der Waals surface area contributed by atoms with Crippen molar-refractivity contribution in [2.45, 2.75) is 52.5 Å². The van der Waals surface area contributed by atoms with Crippen LogP contribution in [0.15, 0.2) is 15.9 Å². The van der Waals surface area contributed by atoms with E-state index in [1.165, 1.54) is 28.6 Å². The summed E-state index contributed by atoms with van der Waals surface area (Å²) in [6.45, 7) is 7.11. The summed E-state index contributed by atoms with van der Waals surface area (Å²) in [5.74, 6) is 1.47. The lowest BCUT2D eigenvalue weighted by atomic mass is 9.65. The number of nitrogens with two attached hydrogens (primary N) is 1. The number of thiophene rings is 1. The summed E-state index contributed by atoms with van der Waals surface area (Å²) in [7, 11) is 0. The van der Waals surface area contributed by atoms with Crippen LogP contribution in [0, 0.1) is 17.3 Å². The Morgan fingerprint density at radius 3 is 2.72 bits per heavy atom. The fourth-order valence-corrected chi connectivity index (χ4v) is 5.11. The van der Waals surface area contributed by atoms with E-state index in [1.807, 2.05) is 11.3 Å². The molecule has 1 nitrogen and oxygen atoms in total. The molecule has 0 saturated heterocycles. The third kappa shape index (κ3) is 3.37. The van der Waals surface area contributed by atoms with Crippen LogP contribution in [0.2, 0.25) is 0 Å². The van der Waals surface area contributed by atoms with Gasteiger partial charge in [0.2, 0.25) is 0 Å². The third-order valence-electron chi connectivity index (χ3n) is 4.42. The molecule has 1 aliphatic rings. The lowest BCUT2D eigenvalue weighted by Crippen LogP contribution is -2.44. The Morgan fingerprint density at radius 2 is 2.17 bits per heavy atom. The highest BCUT2D eigenvalue weighted by Crippen LogP contribution is 2.42. The summed E-state index contributed by atoms with van der Waals surface area (Å²) in [5, 5.41) is 2.17. The second kappa shape index (κ2) is 5.64. The average molecular weight is 330 g/mol. The maximum absolute atomic E-state index is 6.41. The molecular weight excluding hydrogens is 306 g/mol. The van der Waals surface area contributed by atoms with Gasteiger partial charge in [0.25, 0.3) is 0 Å². The predicted molar refractivity (Wildman–Crippen MR) is 84.0 cm³/mol. The molecule has 3 heteroatoms. The van der Waals surface area contributed by atoms with Crippen LogP contribution in [0.3, 0.4) is 0 Å². The van der Waals surface area contributed by atoms with Gasteiger partial charge in [-0.1, -0.05) is 27.2 Å². The van der Waals surface area contributed by atoms with Crippen molar-refractivity contribution in [1.29, 1.82) is 0 Å². The third-order valence-corrected chi connectivity index (χ3v) is 6.11. The van der Waals surface area contributed by atoms with E-state index in [1.54, 1.807) is 0 Å². The van der Waals surface area contributed by atoms with E-state index < -0.39 is 0 Å². The quantitative estimate of drug-likeness (QED) is 0.843. The molecule has 1 aromatic rings. The molecule has 1 fully saturated rings. The Bertz CT molecular complexity index is 399. The molecule has 0 spiro atoms. The summed E-state index contributed by atoms with van der Waals surface area (Å²) in [6.07, 6.45) is 4.98. The predicted octanol–water partition coefficient (Wildman–Crippen LogP) is 4.84. The highest BCUT2D eigenvalue weighted by Gasteiger charge is 2.37. The van der Waals surface area contributed by atoms with E-state index >= 15 is 0 Å². The van der Waals surface area contributed by atoms with Gasteiger partial charge in [-0.2, -0.15) is 0 Å². The second-order valence-corrected chi connectivity index (χ2v) is 8.50. The van der Waals surface area contributed by atoms with E-state index in [2.05, 4.69) is 48.1 Å². The number of rotatable bonds is 3. The van der Waals surface area contributed by atoms with Gasteiger partial charge in [-0.15, -0.1) is 11.3 Å². The van der Waals surface area contributed by atoms with Crippen LogP contribution in [0.25, 0.3) is 0 Å². The highest BCUT2D eigenvalue weighted by molar-refractivity contribution is 9.10. The first-order chi connectivity index (χ1) is 8.38. The first kappa shape index (κ1) is 14.5. The van der Waals surface area contributed by atoms with Crippen LogP contribution >= 0.6 is 27.3 Å². The molecular formula is C15H24BrNS. The fourth-order valence-electron chi connectivity index (χ4n) is 3.42. The van der Waals surface area contributed by atoms with Crippen molar-refractivity contribution in [2.24, 2.45) is 23.0 Å². The van der Waals surface area contributed by atoms with Gasteiger partial charge in [0.05, 0.1) is 0 Å². The van der Waals surface area contributed by atoms with Crippen molar-refractivity contribution in [1.82, 2.24) is 0 Å². The summed E-state index contributed by atoms with van der Waals surface area (Å²) >= 11 is 5.40. The molecule has 0 bridgehead atoms. The summed E-state index contributed by atoms with van der Waals surface area (Å²) in [5.41, 5.74) is 6.72. The molecule has 3 unspecified atom stereocenters. The SMILES string of the molecule is CC1CCC(C(C)(C)Cc2cc(Br)cs2)C(N)C1. The Hall–Kier alpha value is 0.140. The first-order valence-electron chi connectivity index (χ1n) is 6.87. The minimum absolute atomic E-state index is 0.309. The Morgan fingerprint density at radius 1 is 1.44 bits per heavy atom. The van der Waals surface area contributed by atoms with E-state index in [0.29, 0.717) is 17.4 Å². The Kier molecular flexibility index (Phi) is 4.56. The maximum Gasteiger partial charge on any atom is 0.0285 e. The van der Waals surface area contributed by atoms with E-state index in [-0.39, 0.29) is 0 Å². The van der Waals surface area contributed by atoms with Crippen molar-refractivity contribution in [3.05, 3.63) is 20.8 Å². The standard InChI is InChI=1S/C15H24BrNS/c1-10-4-5-13(14(17)6-10)15(2,3)8-12-7-11(16)9-18-12/h7,9-10,13-14H,4-6,8,17H2,1-3H3. The van der Waals surface area contributed by atoms with Crippen LogP contribution in [0.4, 0.5) is 0 Å². The van der Waals surface area contributed by atoms with Crippen LogP contribution in [-0.4, -0.2) is 6.04 Å². The van der Waals surface area contributed by atoms with Gasteiger partial charge in [0.1, 0.15) is 0 Å². The van der Waals surface area contributed by atoms with Gasteiger partial charge in [-0.25, -0.2) is 0 Å². The zero-order chi connectivity index (χ0) is 13.3. The molecule has 0 aliphatic heterocycles. The zero-order valence-electron chi connectivity index (χ0n) is 11.6. The average Bonchev–Trinajstić information content (AvgIpc) is 2.62. The first-order valence-corrected chi connectivity index (χ1v) is 8.54. The number of hydrogen-bond acceptors (Lipinski definition) is 2. The molecule has 3 atom stereocenters.